The fourth-order valence-electron chi connectivity index (χ4n) is 1.35. The molecule has 2 aromatic heterocycles. The standard InChI is InChI=1S/C8H9ClN4O/c1-2-3-4-5-6(13-12-4)7(14)11-8(9)10-5/h2-3H2,1H3,(H,12,13)(H,10,11,14). The number of nitrogens with zero attached hydrogens (tertiary/aromatic N) is 2. The molecule has 0 unspecified atom stereocenters. The molecule has 0 aromatic carbocycles. The van der Waals surface area contributed by atoms with Crippen LogP contribution in [0.3, 0.4) is 0 Å². The van der Waals surface area contributed by atoms with Gasteiger partial charge in [0.1, 0.15) is 5.52 Å². The number of hydrogen-bond acceptors (Lipinski definition) is 3. The first-order valence-corrected chi connectivity index (χ1v) is 4.73. The molecule has 2 rings (SSSR count). The molecule has 0 aliphatic carbocycles. The summed E-state index contributed by atoms with van der Waals surface area (Å²) in [6.45, 7) is 2.04. The Hall–Kier alpha value is -1.36. The van der Waals surface area contributed by atoms with Gasteiger partial charge in [0.25, 0.3) is 5.56 Å². The van der Waals surface area contributed by atoms with Crippen molar-refractivity contribution in [2.45, 2.75) is 19.8 Å². The summed E-state index contributed by atoms with van der Waals surface area (Å²) in [6.07, 6.45) is 1.77. The molecule has 0 atom stereocenters. The minimum atomic E-state index is -0.307. The van der Waals surface area contributed by atoms with Crippen LogP contribution in [-0.2, 0) is 6.42 Å². The molecule has 2 heterocycles. The maximum absolute atomic E-state index is 11.4. The summed E-state index contributed by atoms with van der Waals surface area (Å²) in [7, 11) is 0. The van der Waals surface area contributed by atoms with Crippen LogP contribution in [-0.4, -0.2) is 20.2 Å². The molecule has 0 fully saturated rings. The van der Waals surface area contributed by atoms with Gasteiger partial charge < -0.3 is 0 Å². The van der Waals surface area contributed by atoms with Gasteiger partial charge in [0.2, 0.25) is 5.28 Å². The van der Waals surface area contributed by atoms with E-state index in [1.54, 1.807) is 0 Å². The molecule has 5 nitrogen and oxygen atoms in total. The lowest BCUT2D eigenvalue weighted by molar-refractivity contribution is 0.871. The van der Waals surface area contributed by atoms with Gasteiger partial charge in [-0.1, -0.05) is 13.3 Å². The molecule has 74 valence electrons. The Labute approximate surface area is 84.5 Å². The van der Waals surface area contributed by atoms with Gasteiger partial charge in [-0.05, 0) is 18.0 Å². The van der Waals surface area contributed by atoms with Gasteiger partial charge in [0.15, 0.2) is 5.52 Å². The third-order valence-electron chi connectivity index (χ3n) is 1.95. The molecular formula is C8H9ClN4O. The van der Waals surface area contributed by atoms with E-state index in [-0.39, 0.29) is 10.8 Å². The van der Waals surface area contributed by atoms with Gasteiger partial charge in [-0.3, -0.25) is 14.9 Å². The Morgan fingerprint density at radius 1 is 1.43 bits per heavy atom. The maximum Gasteiger partial charge on any atom is 0.280 e. The Kier molecular flexibility index (Phi) is 2.25. The van der Waals surface area contributed by atoms with Crippen molar-refractivity contribution in [2.24, 2.45) is 0 Å². The van der Waals surface area contributed by atoms with Gasteiger partial charge >= 0.3 is 0 Å². The smallest absolute Gasteiger partial charge is 0.280 e. The highest BCUT2D eigenvalue weighted by atomic mass is 35.5. The fourth-order valence-corrected chi connectivity index (χ4v) is 1.52. The van der Waals surface area contributed by atoms with Gasteiger partial charge in [0.05, 0.1) is 5.69 Å². The van der Waals surface area contributed by atoms with E-state index in [1.165, 1.54) is 0 Å². The SMILES string of the molecule is CCCc1[nH]nc2c(=O)[nH]c(Cl)nc12. The second-order valence-electron chi connectivity index (χ2n) is 3.01. The summed E-state index contributed by atoms with van der Waals surface area (Å²) in [5.74, 6) is 0. The molecule has 0 aliphatic rings. The van der Waals surface area contributed by atoms with Crippen molar-refractivity contribution in [3.63, 3.8) is 0 Å². The molecule has 0 aliphatic heterocycles. The van der Waals surface area contributed by atoms with E-state index in [4.69, 9.17) is 11.6 Å². The molecule has 0 amide bonds. The average Bonchev–Trinajstić information content (AvgIpc) is 2.49. The van der Waals surface area contributed by atoms with Crippen LogP contribution >= 0.6 is 11.6 Å². The van der Waals surface area contributed by atoms with Crippen molar-refractivity contribution in [1.82, 2.24) is 20.2 Å². The number of rotatable bonds is 2. The van der Waals surface area contributed by atoms with E-state index in [1.807, 2.05) is 6.92 Å². The molecule has 2 N–H and O–H groups in total. The Morgan fingerprint density at radius 3 is 2.93 bits per heavy atom. The van der Waals surface area contributed by atoms with Crippen LogP contribution in [0.5, 0.6) is 0 Å². The van der Waals surface area contributed by atoms with Crippen molar-refractivity contribution in [3.05, 3.63) is 21.3 Å². The van der Waals surface area contributed by atoms with Crippen LogP contribution in [0.25, 0.3) is 11.0 Å². The molecule has 6 heteroatoms. The number of aromatic nitrogens is 4. The lowest BCUT2D eigenvalue weighted by Crippen LogP contribution is -2.07. The Balaban J connectivity index is 2.72. The number of H-pyrrole nitrogens is 2. The zero-order valence-corrected chi connectivity index (χ0v) is 8.35. The molecular weight excluding hydrogens is 204 g/mol. The van der Waals surface area contributed by atoms with Crippen molar-refractivity contribution in [3.8, 4) is 0 Å². The second kappa shape index (κ2) is 3.42. The highest BCUT2D eigenvalue weighted by Gasteiger charge is 2.10. The maximum atomic E-state index is 11.4. The van der Waals surface area contributed by atoms with Crippen LogP contribution in [0.2, 0.25) is 5.28 Å². The predicted molar refractivity (Wildman–Crippen MR) is 53.5 cm³/mol. The number of aryl methyl sites for hydroxylation is 1. The molecule has 14 heavy (non-hydrogen) atoms. The minimum Gasteiger partial charge on any atom is -0.295 e. The predicted octanol–water partition coefficient (Wildman–Crippen LogP) is 1.25. The molecule has 0 spiro atoms. The van der Waals surface area contributed by atoms with Crippen LogP contribution in [0, 0.1) is 0 Å². The summed E-state index contributed by atoms with van der Waals surface area (Å²) in [4.78, 5) is 17.8. The molecule has 0 radical (unpaired) electrons. The van der Waals surface area contributed by atoms with E-state index in [9.17, 15) is 4.79 Å². The van der Waals surface area contributed by atoms with Gasteiger partial charge in [-0.2, -0.15) is 5.10 Å². The molecule has 0 saturated carbocycles. The average molecular weight is 213 g/mol. The lowest BCUT2D eigenvalue weighted by Gasteiger charge is -1.93. The third-order valence-corrected chi connectivity index (χ3v) is 2.13. The van der Waals surface area contributed by atoms with Gasteiger partial charge in [-0.25, -0.2) is 4.98 Å². The zero-order valence-electron chi connectivity index (χ0n) is 7.59. The van der Waals surface area contributed by atoms with E-state index >= 15 is 0 Å². The number of halogens is 1. The van der Waals surface area contributed by atoms with E-state index in [2.05, 4.69) is 20.2 Å². The number of hydrogen-bond donors (Lipinski definition) is 2. The van der Waals surface area contributed by atoms with Crippen LogP contribution in [0.4, 0.5) is 0 Å². The largest absolute Gasteiger partial charge is 0.295 e. The van der Waals surface area contributed by atoms with Crippen LogP contribution in [0.15, 0.2) is 4.79 Å². The number of aromatic amines is 2. The number of nitrogens with one attached hydrogen (secondary N) is 2. The van der Waals surface area contributed by atoms with Gasteiger partial charge in [0, 0.05) is 0 Å². The van der Waals surface area contributed by atoms with E-state index < -0.39 is 0 Å². The molecule has 2 aromatic rings. The second-order valence-corrected chi connectivity index (χ2v) is 3.36. The third kappa shape index (κ3) is 1.39. The monoisotopic (exact) mass is 212 g/mol. The summed E-state index contributed by atoms with van der Waals surface area (Å²) in [5.41, 5.74) is 1.44. The summed E-state index contributed by atoms with van der Waals surface area (Å²) in [6, 6.07) is 0. The first-order valence-electron chi connectivity index (χ1n) is 4.35. The van der Waals surface area contributed by atoms with E-state index in [0.29, 0.717) is 11.0 Å². The Bertz CT molecular complexity index is 516. The quantitative estimate of drug-likeness (QED) is 0.736. The van der Waals surface area contributed by atoms with Crippen molar-refractivity contribution < 1.29 is 0 Å². The molecule has 0 bridgehead atoms. The summed E-state index contributed by atoms with van der Waals surface area (Å²) >= 11 is 5.64. The zero-order chi connectivity index (χ0) is 10.1. The Morgan fingerprint density at radius 2 is 2.21 bits per heavy atom. The van der Waals surface area contributed by atoms with Crippen LogP contribution in [0.1, 0.15) is 19.0 Å². The lowest BCUT2D eigenvalue weighted by atomic mass is 10.2. The van der Waals surface area contributed by atoms with Crippen molar-refractivity contribution in [2.75, 3.05) is 0 Å². The molecule has 0 saturated heterocycles. The van der Waals surface area contributed by atoms with Crippen molar-refractivity contribution in [1.29, 1.82) is 0 Å². The van der Waals surface area contributed by atoms with Crippen molar-refractivity contribution >= 4 is 22.6 Å². The summed E-state index contributed by atoms with van der Waals surface area (Å²) < 4.78 is 0. The normalized spacial score (nSPS) is 11.0. The van der Waals surface area contributed by atoms with E-state index in [0.717, 1.165) is 18.5 Å². The highest BCUT2D eigenvalue weighted by molar-refractivity contribution is 6.28. The van der Waals surface area contributed by atoms with Crippen LogP contribution < -0.4 is 5.56 Å². The highest BCUT2D eigenvalue weighted by Crippen LogP contribution is 2.12. The topological polar surface area (TPSA) is 74.4 Å². The van der Waals surface area contributed by atoms with Gasteiger partial charge in [-0.15, -0.1) is 0 Å². The summed E-state index contributed by atoms with van der Waals surface area (Å²) in [5, 5.41) is 6.78. The minimum absolute atomic E-state index is 0.0984. The number of fused-ring (bicyclic) bond motifs is 1. The first-order chi connectivity index (χ1) is 6.72. The first kappa shape index (κ1) is 9.21. The fraction of sp³-hybridized carbons (Fsp3) is 0.375.